The van der Waals surface area contributed by atoms with Crippen LogP contribution < -0.4 is 15.0 Å². The van der Waals surface area contributed by atoms with Gasteiger partial charge in [0, 0.05) is 44.2 Å². The predicted octanol–water partition coefficient (Wildman–Crippen LogP) is 3.08. The Morgan fingerprint density at radius 3 is 2.80 bits per heavy atom. The number of amides is 1. The van der Waals surface area contributed by atoms with Crippen LogP contribution in [0.1, 0.15) is 37.6 Å². The average molecular weight is 413 g/mol. The molecule has 2 aliphatic rings. The van der Waals surface area contributed by atoms with E-state index in [0.717, 1.165) is 38.3 Å². The first kappa shape index (κ1) is 20.5. The highest BCUT2D eigenvalue weighted by molar-refractivity contribution is 5.97. The minimum Gasteiger partial charge on any atom is -0.435 e. The largest absolute Gasteiger partial charge is 0.435 e. The molecular weight excluding hydrogens is 385 g/mol. The highest BCUT2D eigenvalue weighted by Crippen LogP contribution is 2.40. The Balaban J connectivity index is 1.63. The van der Waals surface area contributed by atoms with Gasteiger partial charge in [0.05, 0.1) is 11.8 Å². The first-order chi connectivity index (χ1) is 14.4. The van der Waals surface area contributed by atoms with Crippen molar-refractivity contribution in [2.75, 3.05) is 37.6 Å². The number of benzene rings is 1. The maximum absolute atomic E-state index is 14.0. The summed E-state index contributed by atoms with van der Waals surface area (Å²) >= 11 is 0. The zero-order chi connectivity index (χ0) is 21.3. The SMILES string of the molecule is CCN(C(=O)c1cc(F)ccc1Oc1nnccc1N1CCC2(CNC2)C1)C(C)C. The van der Waals surface area contributed by atoms with E-state index in [1.165, 1.54) is 18.2 Å². The molecule has 3 heterocycles. The summed E-state index contributed by atoms with van der Waals surface area (Å²) < 4.78 is 20.1. The van der Waals surface area contributed by atoms with E-state index in [1.807, 2.05) is 26.8 Å². The molecular formula is C22H28FN5O2. The molecule has 160 valence electrons. The lowest BCUT2D eigenvalue weighted by Gasteiger charge is -2.39. The quantitative estimate of drug-likeness (QED) is 0.785. The second kappa shape index (κ2) is 8.18. The first-order valence-corrected chi connectivity index (χ1v) is 10.5. The minimum atomic E-state index is -0.483. The summed E-state index contributed by atoms with van der Waals surface area (Å²) in [7, 11) is 0. The van der Waals surface area contributed by atoms with Crippen molar-refractivity contribution in [1.29, 1.82) is 0 Å². The molecule has 0 atom stereocenters. The van der Waals surface area contributed by atoms with Gasteiger partial charge < -0.3 is 19.9 Å². The number of hydrogen-bond acceptors (Lipinski definition) is 6. The molecule has 1 aromatic heterocycles. The van der Waals surface area contributed by atoms with Crippen LogP contribution in [0.15, 0.2) is 30.5 Å². The van der Waals surface area contributed by atoms with Gasteiger partial charge in [-0.05, 0) is 51.5 Å². The van der Waals surface area contributed by atoms with Crippen LogP contribution in [0.4, 0.5) is 10.1 Å². The Bertz CT molecular complexity index is 931. The highest BCUT2D eigenvalue weighted by atomic mass is 19.1. The zero-order valence-electron chi connectivity index (χ0n) is 17.7. The van der Waals surface area contributed by atoms with Gasteiger partial charge in [0.1, 0.15) is 17.3 Å². The summed E-state index contributed by atoms with van der Waals surface area (Å²) in [6.45, 7) is 10.2. The topological polar surface area (TPSA) is 70.6 Å². The third-order valence-electron chi connectivity index (χ3n) is 6.05. The number of carbonyl (C=O) groups excluding carboxylic acids is 1. The van der Waals surface area contributed by atoms with Gasteiger partial charge in [-0.25, -0.2) is 4.39 Å². The van der Waals surface area contributed by atoms with E-state index >= 15 is 0 Å². The van der Waals surface area contributed by atoms with E-state index in [0.29, 0.717) is 17.8 Å². The second-order valence-corrected chi connectivity index (χ2v) is 8.42. The number of aromatic nitrogens is 2. The van der Waals surface area contributed by atoms with Gasteiger partial charge in [-0.1, -0.05) is 0 Å². The normalized spacial score (nSPS) is 17.3. The van der Waals surface area contributed by atoms with Gasteiger partial charge in [-0.3, -0.25) is 4.79 Å². The van der Waals surface area contributed by atoms with Crippen molar-refractivity contribution in [2.24, 2.45) is 5.41 Å². The maximum atomic E-state index is 14.0. The maximum Gasteiger partial charge on any atom is 0.262 e. The molecule has 4 rings (SSSR count). The van der Waals surface area contributed by atoms with Crippen molar-refractivity contribution >= 4 is 11.6 Å². The molecule has 8 heteroatoms. The van der Waals surface area contributed by atoms with Gasteiger partial charge in [-0.15, -0.1) is 5.10 Å². The van der Waals surface area contributed by atoms with Crippen molar-refractivity contribution in [2.45, 2.75) is 33.2 Å². The molecule has 0 unspecified atom stereocenters. The van der Waals surface area contributed by atoms with Gasteiger partial charge in [-0.2, -0.15) is 5.10 Å². The summed E-state index contributed by atoms with van der Waals surface area (Å²) in [6, 6.07) is 5.87. The molecule has 2 aromatic rings. The molecule has 2 saturated heterocycles. The number of halogens is 1. The smallest absolute Gasteiger partial charge is 0.262 e. The summed E-state index contributed by atoms with van der Waals surface area (Å²) in [5.41, 5.74) is 1.34. The monoisotopic (exact) mass is 413 g/mol. The van der Waals surface area contributed by atoms with E-state index in [1.54, 1.807) is 11.1 Å². The van der Waals surface area contributed by atoms with Crippen LogP contribution in [0, 0.1) is 11.2 Å². The number of nitrogens with one attached hydrogen (secondary N) is 1. The third-order valence-corrected chi connectivity index (χ3v) is 6.05. The van der Waals surface area contributed by atoms with Crippen LogP contribution in [-0.4, -0.2) is 59.8 Å². The summed E-state index contributed by atoms with van der Waals surface area (Å²) in [5.74, 6) is -0.145. The summed E-state index contributed by atoms with van der Waals surface area (Å²) in [4.78, 5) is 17.0. The fourth-order valence-electron chi connectivity index (χ4n) is 4.29. The number of hydrogen-bond donors (Lipinski definition) is 1. The lowest BCUT2D eigenvalue weighted by atomic mass is 9.81. The molecule has 2 aliphatic heterocycles. The van der Waals surface area contributed by atoms with Gasteiger partial charge in [0.15, 0.2) is 0 Å². The van der Waals surface area contributed by atoms with Gasteiger partial charge in [0.25, 0.3) is 11.8 Å². The van der Waals surface area contributed by atoms with Gasteiger partial charge >= 0.3 is 0 Å². The second-order valence-electron chi connectivity index (χ2n) is 8.42. The lowest BCUT2D eigenvalue weighted by Crippen LogP contribution is -2.54. The molecule has 2 fully saturated rings. The number of nitrogens with zero attached hydrogens (tertiary/aromatic N) is 4. The Hall–Kier alpha value is -2.74. The summed E-state index contributed by atoms with van der Waals surface area (Å²) in [5, 5.41) is 11.5. The minimum absolute atomic E-state index is 0.0115. The summed E-state index contributed by atoms with van der Waals surface area (Å²) in [6.07, 6.45) is 2.75. The van der Waals surface area contributed by atoms with E-state index in [9.17, 15) is 9.18 Å². The van der Waals surface area contributed by atoms with Crippen LogP contribution in [-0.2, 0) is 0 Å². The fraction of sp³-hybridized carbons (Fsp3) is 0.500. The van der Waals surface area contributed by atoms with Gasteiger partial charge in [0.2, 0.25) is 0 Å². The van der Waals surface area contributed by atoms with E-state index < -0.39 is 5.82 Å². The van der Waals surface area contributed by atoms with E-state index in [2.05, 4.69) is 20.4 Å². The number of carbonyl (C=O) groups is 1. The van der Waals surface area contributed by atoms with Crippen LogP contribution in [0.2, 0.25) is 0 Å². The van der Waals surface area contributed by atoms with Crippen molar-refractivity contribution < 1.29 is 13.9 Å². The van der Waals surface area contributed by atoms with Crippen LogP contribution in [0.5, 0.6) is 11.6 Å². The molecule has 0 bridgehead atoms. The molecule has 1 N–H and O–H groups in total. The molecule has 0 radical (unpaired) electrons. The van der Waals surface area contributed by atoms with Crippen molar-refractivity contribution in [3.63, 3.8) is 0 Å². The Morgan fingerprint density at radius 2 is 2.17 bits per heavy atom. The standard InChI is InChI=1S/C22H28FN5O2/c1-4-28(15(2)3)21(29)17-11-16(23)5-6-19(17)30-20-18(7-9-25-26-20)27-10-8-22(14-27)12-24-13-22/h5-7,9,11,15,24H,4,8,10,12-14H2,1-3H3. The molecule has 30 heavy (non-hydrogen) atoms. The van der Waals surface area contributed by atoms with Crippen LogP contribution in [0.3, 0.4) is 0 Å². The zero-order valence-corrected chi connectivity index (χ0v) is 17.7. The first-order valence-electron chi connectivity index (χ1n) is 10.5. The van der Waals surface area contributed by atoms with Crippen molar-refractivity contribution in [3.05, 3.63) is 41.8 Å². The van der Waals surface area contributed by atoms with Crippen LogP contribution in [0.25, 0.3) is 0 Å². The van der Waals surface area contributed by atoms with E-state index in [4.69, 9.17) is 4.74 Å². The van der Waals surface area contributed by atoms with Crippen LogP contribution >= 0.6 is 0 Å². The number of rotatable bonds is 6. The average Bonchev–Trinajstić information content (AvgIpc) is 3.16. The Labute approximate surface area is 176 Å². The van der Waals surface area contributed by atoms with Crippen molar-refractivity contribution in [1.82, 2.24) is 20.4 Å². The molecule has 0 aliphatic carbocycles. The molecule has 1 aromatic carbocycles. The Kier molecular flexibility index (Phi) is 5.60. The number of ether oxygens (including phenoxy) is 1. The highest BCUT2D eigenvalue weighted by Gasteiger charge is 2.43. The predicted molar refractivity (Wildman–Crippen MR) is 112 cm³/mol. The molecule has 0 saturated carbocycles. The lowest BCUT2D eigenvalue weighted by molar-refractivity contribution is 0.0713. The Morgan fingerprint density at radius 1 is 1.37 bits per heavy atom. The molecule has 1 spiro atoms. The molecule has 7 nitrogen and oxygen atoms in total. The number of anilines is 1. The third kappa shape index (κ3) is 3.84. The molecule has 1 amide bonds. The van der Waals surface area contributed by atoms with E-state index in [-0.39, 0.29) is 23.3 Å². The van der Waals surface area contributed by atoms with Crippen molar-refractivity contribution in [3.8, 4) is 11.6 Å². The fourth-order valence-corrected chi connectivity index (χ4v) is 4.29.